The average Bonchev–Trinajstić information content (AvgIpc) is 2.99. The molecular formula is C15H22N2O12. The molecule has 2 unspecified atom stereocenters. The van der Waals surface area contributed by atoms with Crippen molar-refractivity contribution in [1.82, 2.24) is 10.4 Å². The second-order valence-electron chi connectivity index (χ2n) is 6.18. The maximum absolute atomic E-state index is 11.8. The Bertz CT molecular complexity index is 612. The number of rotatable bonds is 9. The molecule has 3 amide bonds. The predicted octanol–water partition coefficient (Wildman–Crippen LogP) is -4.50. The molecule has 0 aromatic rings. The summed E-state index contributed by atoms with van der Waals surface area (Å²) in [6, 6.07) is -1.37. The van der Waals surface area contributed by atoms with E-state index in [9.17, 15) is 34.5 Å². The third-order valence-corrected chi connectivity index (χ3v) is 4.05. The number of imide groups is 1. The largest absolute Gasteiger partial charge is 0.394 e. The lowest BCUT2D eigenvalue weighted by Crippen LogP contribution is -2.64. The molecule has 2 fully saturated rings. The van der Waals surface area contributed by atoms with Gasteiger partial charge in [0.15, 0.2) is 6.29 Å². The fourth-order valence-electron chi connectivity index (χ4n) is 2.58. The molecule has 2 heterocycles. The first-order valence-electron chi connectivity index (χ1n) is 8.56. The molecule has 2 aliphatic heterocycles. The number of aliphatic hydroxyl groups is 4. The summed E-state index contributed by atoms with van der Waals surface area (Å²) in [6.45, 7) is -2.40. The van der Waals surface area contributed by atoms with Crippen LogP contribution in [-0.2, 0) is 38.2 Å². The highest BCUT2D eigenvalue weighted by Crippen LogP contribution is 2.19. The first-order valence-corrected chi connectivity index (χ1v) is 8.56. The number of hydroxylamine groups is 2. The number of amides is 3. The van der Waals surface area contributed by atoms with Crippen molar-refractivity contribution in [1.29, 1.82) is 0 Å². The van der Waals surface area contributed by atoms with E-state index in [0.29, 0.717) is 5.06 Å². The molecule has 0 radical (unpaired) electrons. The van der Waals surface area contributed by atoms with Crippen LogP contribution in [-0.4, -0.2) is 106 Å². The van der Waals surface area contributed by atoms with E-state index in [1.165, 1.54) is 0 Å². The van der Waals surface area contributed by atoms with Gasteiger partial charge in [-0.1, -0.05) is 0 Å². The Morgan fingerprint density at radius 1 is 1.07 bits per heavy atom. The zero-order valence-corrected chi connectivity index (χ0v) is 15.1. The summed E-state index contributed by atoms with van der Waals surface area (Å²) in [5.74, 6) is -3.09. The van der Waals surface area contributed by atoms with Gasteiger partial charge in [0, 0.05) is 12.8 Å². The Labute approximate surface area is 163 Å². The topological polar surface area (TPSA) is 201 Å². The number of aliphatic hydroxyl groups excluding tert-OH is 4. The summed E-state index contributed by atoms with van der Waals surface area (Å²) >= 11 is 0. The summed E-state index contributed by atoms with van der Waals surface area (Å²) < 4.78 is 14.5. The lowest BCUT2D eigenvalue weighted by atomic mass is 9.97. The number of hydrogen-bond acceptors (Lipinski definition) is 12. The smallest absolute Gasteiger partial charge is 0.358 e. The highest BCUT2D eigenvalue weighted by Gasteiger charge is 2.44. The molecule has 0 aromatic carbocycles. The van der Waals surface area contributed by atoms with E-state index >= 15 is 0 Å². The number of nitrogens with one attached hydrogen (secondary N) is 1. The van der Waals surface area contributed by atoms with E-state index in [2.05, 4.69) is 10.2 Å². The molecule has 2 saturated heterocycles. The Balaban J connectivity index is 1.63. The lowest BCUT2D eigenvalue weighted by Gasteiger charge is -2.40. The third kappa shape index (κ3) is 6.14. The van der Waals surface area contributed by atoms with Crippen molar-refractivity contribution >= 4 is 23.7 Å². The molecule has 14 heteroatoms. The van der Waals surface area contributed by atoms with Crippen LogP contribution in [0.4, 0.5) is 0 Å². The van der Waals surface area contributed by atoms with E-state index in [1.807, 2.05) is 0 Å². The predicted molar refractivity (Wildman–Crippen MR) is 85.9 cm³/mol. The first kappa shape index (κ1) is 23.1. The van der Waals surface area contributed by atoms with Gasteiger partial charge >= 0.3 is 5.97 Å². The molecule has 2 rings (SSSR count). The normalized spacial score (nSPS) is 29.8. The standard InChI is InChI=1S/C15H22N2O12/c18-3-7-13(23)14(24)12(15(25)28-7)16-8(19)4-26-6-27-5-11(22)29-17-9(20)1-2-10(17)21/h7,12-15,18,23-25H,1-6H2,(H,16,19)/t7?,12?,13-,14+,15-/m1/s1. The quantitative estimate of drug-likeness (QED) is 0.136. The van der Waals surface area contributed by atoms with Gasteiger partial charge in [-0.15, -0.1) is 5.06 Å². The van der Waals surface area contributed by atoms with Gasteiger partial charge in [-0.3, -0.25) is 14.4 Å². The van der Waals surface area contributed by atoms with Crippen molar-refractivity contribution < 1.29 is 58.7 Å². The third-order valence-electron chi connectivity index (χ3n) is 4.05. The van der Waals surface area contributed by atoms with Crippen LogP contribution >= 0.6 is 0 Å². The van der Waals surface area contributed by atoms with Gasteiger partial charge in [0.25, 0.3) is 11.8 Å². The SMILES string of the molecule is O=C(COCOCC(=O)ON1C(=O)CCC1=O)NC1[C@H](O)OC(CO)[C@@H](O)[C@H]1O. The molecule has 2 aliphatic rings. The van der Waals surface area contributed by atoms with Crippen molar-refractivity contribution in [2.24, 2.45) is 0 Å². The molecule has 0 bridgehead atoms. The van der Waals surface area contributed by atoms with Gasteiger partial charge in [-0.05, 0) is 0 Å². The highest BCUT2D eigenvalue weighted by molar-refractivity contribution is 6.01. The van der Waals surface area contributed by atoms with Gasteiger partial charge in [-0.2, -0.15) is 0 Å². The Kier molecular flexibility index (Phi) is 8.39. The van der Waals surface area contributed by atoms with Crippen LogP contribution in [0.1, 0.15) is 12.8 Å². The molecule has 164 valence electrons. The lowest BCUT2D eigenvalue weighted by molar-refractivity contribution is -0.254. The summed E-state index contributed by atoms with van der Waals surface area (Å²) in [5, 5.41) is 40.9. The van der Waals surface area contributed by atoms with Crippen LogP contribution in [0.15, 0.2) is 0 Å². The van der Waals surface area contributed by atoms with E-state index in [4.69, 9.17) is 19.3 Å². The summed E-state index contributed by atoms with van der Waals surface area (Å²) in [6.07, 6.45) is -6.09. The van der Waals surface area contributed by atoms with E-state index in [-0.39, 0.29) is 12.8 Å². The Hall–Kier alpha value is -2.20. The number of ether oxygens (including phenoxy) is 3. The second kappa shape index (κ2) is 10.5. The first-order chi connectivity index (χ1) is 13.7. The van der Waals surface area contributed by atoms with Crippen LogP contribution < -0.4 is 5.32 Å². The molecule has 0 saturated carbocycles. The maximum atomic E-state index is 11.8. The average molecular weight is 422 g/mol. The van der Waals surface area contributed by atoms with Crippen LogP contribution in [0.25, 0.3) is 0 Å². The number of carbonyl (C=O) groups is 4. The van der Waals surface area contributed by atoms with Gasteiger partial charge in [0.05, 0.1) is 6.61 Å². The van der Waals surface area contributed by atoms with Gasteiger partial charge in [0.2, 0.25) is 5.91 Å². The van der Waals surface area contributed by atoms with Crippen LogP contribution in [0, 0.1) is 0 Å². The van der Waals surface area contributed by atoms with Gasteiger partial charge in [0.1, 0.15) is 44.4 Å². The summed E-state index contributed by atoms with van der Waals surface area (Å²) in [4.78, 5) is 50.4. The van der Waals surface area contributed by atoms with Gasteiger partial charge in [-0.25, -0.2) is 4.79 Å². The van der Waals surface area contributed by atoms with Crippen molar-refractivity contribution in [3.05, 3.63) is 0 Å². The highest BCUT2D eigenvalue weighted by atomic mass is 16.7. The zero-order valence-electron chi connectivity index (χ0n) is 15.1. The fourth-order valence-corrected chi connectivity index (χ4v) is 2.58. The molecule has 5 N–H and O–H groups in total. The fraction of sp³-hybridized carbons (Fsp3) is 0.733. The Morgan fingerprint density at radius 3 is 2.31 bits per heavy atom. The molecular weight excluding hydrogens is 400 g/mol. The number of hydrogen-bond donors (Lipinski definition) is 5. The van der Waals surface area contributed by atoms with Crippen LogP contribution in [0.2, 0.25) is 0 Å². The molecule has 0 spiro atoms. The minimum Gasteiger partial charge on any atom is -0.394 e. The monoisotopic (exact) mass is 422 g/mol. The minimum absolute atomic E-state index is 0.0433. The molecule has 29 heavy (non-hydrogen) atoms. The van der Waals surface area contributed by atoms with Crippen molar-refractivity contribution in [2.75, 3.05) is 26.6 Å². The zero-order chi connectivity index (χ0) is 21.6. The summed E-state index contributed by atoms with van der Waals surface area (Å²) in [7, 11) is 0. The van der Waals surface area contributed by atoms with E-state index in [1.54, 1.807) is 0 Å². The van der Waals surface area contributed by atoms with Crippen molar-refractivity contribution in [3.63, 3.8) is 0 Å². The maximum Gasteiger partial charge on any atom is 0.358 e. The molecule has 5 atom stereocenters. The minimum atomic E-state index is -1.67. The summed E-state index contributed by atoms with van der Waals surface area (Å²) in [5.41, 5.74) is 0. The molecule has 0 aromatic heterocycles. The van der Waals surface area contributed by atoms with Crippen molar-refractivity contribution in [2.45, 2.75) is 43.5 Å². The Morgan fingerprint density at radius 2 is 1.69 bits per heavy atom. The van der Waals surface area contributed by atoms with Crippen LogP contribution in [0.3, 0.4) is 0 Å². The molecule has 14 nitrogen and oxygen atoms in total. The number of nitrogens with zero attached hydrogens (tertiary/aromatic N) is 1. The van der Waals surface area contributed by atoms with E-state index < -0.39 is 80.9 Å². The molecule has 0 aliphatic carbocycles. The van der Waals surface area contributed by atoms with Gasteiger partial charge < -0.3 is 44.8 Å². The second-order valence-corrected chi connectivity index (χ2v) is 6.18. The van der Waals surface area contributed by atoms with E-state index in [0.717, 1.165) is 0 Å². The van der Waals surface area contributed by atoms with Crippen molar-refractivity contribution in [3.8, 4) is 0 Å². The van der Waals surface area contributed by atoms with Crippen LogP contribution in [0.5, 0.6) is 0 Å². The number of carbonyl (C=O) groups excluding carboxylic acids is 4.